The van der Waals surface area contributed by atoms with E-state index in [-0.39, 0.29) is 34.6 Å². The molecular weight excluding hydrogens is 649 g/mol. The van der Waals surface area contributed by atoms with Crippen LogP contribution in [0.15, 0.2) is 36.9 Å². The number of hydrogen-bond donors (Lipinski definition) is 1. The number of nitrogens with zero attached hydrogens (tertiary/aromatic N) is 4. The number of rotatable bonds is 8. The van der Waals surface area contributed by atoms with E-state index in [4.69, 9.17) is 19.3 Å². The van der Waals surface area contributed by atoms with Gasteiger partial charge in [-0.05, 0) is 76.6 Å². The summed E-state index contributed by atoms with van der Waals surface area (Å²) in [5, 5.41) is 0.116. The van der Waals surface area contributed by atoms with Crippen LogP contribution in [0.1, 0.15) is 59.8 Å². The quantitative estimate of drug-likeness (QED) is 0.195. The molecular formula is C29H46IN5O3Si2. The Hall–Kier alpha value is -1.39. The van der Waals surface area contributed by atoms with Gasteiger partial charge in [-0.1, -0.05) is 53.7 Å². The van der Waals surface area contributed by atoms with Gasteiger partial charge in [0, 0.05) is 16.4 Å². The summed E-state index contributed by atoms with van der Waals surface area (Å²) in [5.41, 5.74) is 8.60. The lowest BCUT2D eigenvalue weighted by atomic mass is 10.0. The predicted molar refractivity (Wildman–Crippen MR) is 175 cm³/mol. The molecule has 1 aliphatic rings. The Morgan fingerprint density at radius 1 is 1.00 bits per heavy atom. The van der Waals surface area contributed by atoms with Crippen LogP contribution in [0.5, 0.6) is 0 Å². The highest BCUT2D eigenvalue weighted by Crippen LogP contribution is 2.45. The maximum atomic E-state index is 7.20. The molecule has 8 nitrogen and oxygen atoms in total. The summed E-state index contributed by atoms with van der Waals surface area (Å²) in [5.74, 6) is 0.366. The molecule has 3 aromatic rings. The molecule has 2 N–H and O–H groups in total. The van der Waals surface area contributed by atoms with Crippen molar-refractivity contribution in [2.24, 2.45) is 0 Å². The minimum absolute atomic E-state index is 0.0557. The molecule has 0 aliphatic carbocycles. The van der Waals surface area contributed by atoms with Crippen LogP contribution in [0, 0.1) is 3.57 Å². The van der Waals surface area contributed by atoms with Gasteiger partial charge in [-0.3, -0.25) is 4.57 Å². The van der Waals surface area contributed by atoms with Gasteiger partial charge in [-0.2, -0.15) is 0 Å². The summed E-state index contributed by atoms with van der Waals surface area (Å²) in [6.07, 6.45) is 3.79. The number of nitrogens with two attached hydrogens (primary N) is 1. The van der Waals surface area contributed by atoms with Crippen LogP contribution in [0.25, 0.3) is 11.2 Å². The number of halogens is 1. The van der Waals surface area contributed by atoms with Gasteiger partial charge in [-0.25, -0.2) is 15.0 Å². The first kappa shape index (κ1) is 31.5. The summed E-state index contributed by atoms with van der Waals surface area (Å²) in [4.78, 5) is 13.1. The molecule has 11 heteroatoms. The zero-order chi connectivity index (χ0) is 29.7. The van der Waals surface area contributed by atoms with Crippen molar-refractivity contribution in [1.82, 2.24) is 19.5 Å². The Morgan fingerprint density at radius 3 is 2.23 bits per heavy atom. The van der Waals surface area contributed by atoms with Crippen LogP contribution < -0.4 is 5.73 Å². The molecule has 3 heterocycles. The minimum atomic E-state index is -2.15. The van der Waals surface area contributed by atoms with Gasteiger partial charge in [0.2, 0.25) is 0 Å². The average molecular weight is 696 g/mol. The fraction of sp³-hybridized carbons (Fsp3) is 0.621. The van der Waals surface area contributed by atoms with E-state index in [2.05, 4.69) is 130 Å². The summed E-state index contributed by atoms with van der Waals surface area (Å²) >= 11 is 2.35. The lowest BCUT2D eigenvalue weighted by Gasteiger charge is -2.43. The number of fused-ring (bicyclic) bond motifs is 1. The fourth-order valence-electron chi connectivity index (χ4n) is 4.55. The van der Waals surface area contributed by atoms with Crippen LogP contribution in [0.2, 0.25) is 36.3 Å². The van der Waals surface area contributed by atoms with Crippen molar-refractivity contribution in [3.8, 4) is 0 Å². The van der Waals surface area contributed by atoms with Gasteiger partial charge in [-0.15, -0.1) is 0 Å². The SMILES string of the molecule is CC(C)(C)[Si](C)(C)OC(Cc1ccc(I)cc1)[C@H]1O[C@@H](n2cnc3c(N)ncnc32)C[C@@H]1O[Si](C)(C)C(C)(C)C. The first-order valence-electron chi connectivity index (χ1n) is 14.1. The lowest BCUT2D eigenvalue weighted by Crippen LogP contribution is -2.52. The number of imidazole rings is 1. The second-order valence-corrected chi connectivity index (χ2v) is 24.8. The van der Waals surface area contributed by atoms with Gasteiger partial charge < -0.3 is 19.3 Å². The highest BCUT2D eigenvalue weighted by atomic mass is 127. The zero-order valence-electron chi connectivity index (χ0n) is 25.7. The van der Waals surface area contributed by atoms with E-state index < -0.39 is 16.6 Å². The Balaban J connectivity index is 1.76. The van der Waals surface area contributed by atoms with Crippen LogP contribution in [-0.2, 0) is 20.0 Å². The fourth-order valence-corrected chi connectivity index (χ4v) is 7.58. The summed E-state index contributed by atoms with van der Waals surface area (Å²) in [7, 11) is -4.27. The maximum Gasteiger partial charge on any atom is 0.192 e. The van der Waals surface area contributed by atoms with Gasteiger partial charge in [0.1, 0.15) is 24.2 Å². The molecule has 40 heavy (non-hydrogen) atoms. The third-order valence-corrected chi connectivity index (χ3v) is 18.8. The highest BCUT2D eigenvalue weighted by Gasteiger charge is 2.50. The normalized spacial score (nSPS) is 21.7. The first-order valence-corrected chi connectivity index (χ1v) is 21.0. The predicted octanol–water partition coefficient (Wildman–Crippen LogP) is 7.32. The number of anilines is 1. The molecule has 1 fully saturated rings. The molecule has 1 saturated heterocycles. The van der Waals surface area contributed by atoms with Crippen molar-refractivity contribution in [3.63, 3.8) is 0 Å². The molecule has 4 atom stereocenters. The molecule has 0 spiro atoms. The highest BCUT2D eigenvalue weighted by molar-refractivity contribution is 14.1. The zero-order valence-corrected chi connectivity index (χ0v) is 29.8. The summed E-state index contributed by atoms with van der Waals surface area (Å²) in [6, 6.07) is 8.71. The number of aromatic nitrogens is 4. The third kappa shape index (κ3) is 6.64. The van der Waals surface area contributed by atoms with E-state index in [0.29, 0.717) is 23.4 Å². The van der Waals surface area contributed by atoms with Crippen LogP contribution >= 0.6 is 22.6 Å². The second kappa shape index (κ2) is 11.4. The van der Waals surface area contributed by atoms with E-state index in [0.717, 1.165) is 6.42 Å². The Labute approximate surface area is 255 Å². The molecule has 4 rings (SSSR count). The molecule has 1 aromatic carbocycles. The number of nitrogen functional groups attached to an aromatic ring is 1. The lowest BCUT2D eigenvalue weighted by molar-refractivity contribution is -0.0739. The molecule has 0 bridgehead atoms. The number of hydrogen-bond acceptors (Lipinski definition) is 7. The van der Waals surface area contributed by atoms with Crippen molar-refractivity contribution in [2.45, 2.75) is 115 Å². The van der Waals surface area contributed by atoms with E-state index in [9.17, 15) is 0 Å². The molecule has 2 aromatic heterocycles. The Bertz CT molecular complexity index is 1320. The second-order valence-electron chi connectivity index (χ2n) is 14.0. The maximum absolute atomic E-state index is 7.20. The number of benzene rings is 1. The van der Waals surface area contributed by atoms with Crippen molar-refractivity contribution in [2.75, 3.05) is 5.73 Å². The smallest absolute Gasteiger partial charge is 0.192 e. The van der Waals surface area contributed by atoms with Crippen molar-refractivity contribution in [3.05, 3.63) is 46.1 Å². The van der Waals surface area contributed by atoms with E-state index in [1.54, 1.807) is 6.33 Å². The molecule has 1 unspecified atom stereocenters. The summed E-state index contributed by atoms with van der Waals surface area (Å²) in [6.45, 7) is 22.9. The van der Waals surface area contributed by atoms with E-state index >= 15 is 0 Å². The third-order valence-electron chi connectivity index (χ3n) is 9.03. The number of ether oxygens (including phenoxy) is 1. The minimum Gasteiger partial charge on any atom is -0.411 e. The van der Waals surface area contributed by atoms with Gasteiger partial charge in [0.25, 0.3) is 0 Å². The average Bonchev–Trinajstić information content (AvgIpc) is 3.43. The van der Waals surface area contributed by atoms with Crippen molar-refractivity contribution < 1.29 is 13.6 Å². The van der Waals surface area contributed by atoms with Gasteiger partial charge in [0.05, 0.1) is 18.5 Å². The van der Waals surface area contributed by atoms with Crippen LogP contribution in [0.4, 0.5) is 5.82 Å². The topological polar surface area (TPSA) is 97.3 Å². The van der Waals surface area contributed by atoms with Gasteiger partial charge in [0.15, 0.2) is 28.1 Å². The van der Waals surface area contributed by atoms with Crippen LogP contribution in [0.3, 0.4) is 0 Å². The summed E-state index contributed by atoms with van der Waals surface area (Å²) < 4.78 is 24.5. The van der Waals surface area contributed by atoms with E-state index in [1.807, 2.05) is 4.57 Å². The Kier molecular flexibility index (Phi) is 8.96. The molecule has 0 saturated carbocycles. The molecule has 1 aliphatic heterocycles. The van der Waals surface area contributed by atoms with Crippen LogP contribution in [-0.4, -0.2) is 54.5 Å². The van der Waals surface area contributed by atoms with Gasteiger partial charge >= 0.3 is 0 Å². The molecule has 0 radical (unpaired) electrons. The molecule has 0 amide bonds. The first-order chi connectivity index (χ1) is 18.4. The Morgan fingerprint density at radius 2 is 1.62 bits per heavy atom. The molecule has 220 valence electrons. The van der Waals surface area contributed by atoms with E-state index in [1.165, 1.54) is 15.5 Å². The monoisotopic (exact) mass is 695 g/mol. The van der Waals surface area contributed by atoms with Crippen molar-refractivity contribution in [1.29, 1.82) is 0 Å². The standard InChI is InChI=1S/C29H46IN5O3Si2/c1-28(2,3)39(7,8)37-21(15-19-11-13-20(30)14-12-19)25-22(38-40(9,10)29(4,5)6)16-23(36-25)35-18-34-24-26(31)32-17-33-27(24)35/h11-14,17-18,21-23,25H,15-16H2,1-10H3,(H2,31,32,33)/t21?,22-,23+,25+/m0/s1. The van der Waals surface area contributed by atoms with Crippen molar-refractivity contribution >= 4 is 56.2 Å². The largest absolute Gasteiger partial charge is 0.411 e.